The molecule has 0 saturated carbocycles. The van der Waals surface area contributed by atoms with Gasteiger partial charge in [0, 0.05) is 12.1 Å². The fourth-order valence-corrected chi connectivity index (χ4v) is 2.06. The Hall–Kier alpha value is -0.970. The lowest BCUT2D eigenvalue weighted by Gasteiger charge is -2.20. The Morgan fingerprint density at radius 2 is 1.20 bits per heavy atom. The third-order valence-corrected chi connectivity index (χ3v) is 3.17. The van der Waals surface area contributed by atoms with Crippen molar-refractivity contribution < 1.29 is 4.39 Å². The molecule has 2 aromatic carbocycles. The average molecular weight is 311 g/mol. The van der Waals surface area contributed by atoms with Gasteiger partial charge in [0.1, 0.15) is 5.82 Å². The molecule has 0 heterocycles. The molecule has 4 heteroatoms. The molecule has 2 atom stereocenters. The van der Waals surface area contributed by atoms with E-state index in [1.54, 1.807) is 0 Å². The van der Waals surface area contributed by atoms with Crippen molar-refractivity contribution in [3.8, 4) is 0 Å². The van der Waals surface area contributed by atoms with E-state index in [2.05, 4.69) is 31.3 Å². The molecule has 110 valence electrons. The summed E-state index contributed by atoms with van der Waals surface area (Å²) in [5.74, 6) is -0.193. The zero-order chi connectivity index (χ0) is 13.0. The van der Waals surface area contributed by atoms with Gasteiger partial charge in [-0.1, -0.05) is 42.5 Å². The van der Waals surface area contributed by atoms with Crippen molar-refractivity contribution in [2.45, 2.75) is 25.9 Å². The molecule has 0 unspecified atom stereocenters. The molecule has 0 aliphatic carbocycles. The molecule has 0 saturated heterocycles. The summed E-state index contributed by atoms with van der Waals surface area (Å²) in [6, 6.07) is 17.4. The molecule has 0 aliphatic heterocycles. The van der Waals surface area contributed by atoms with Gasteiger partial charge in [-0.25, -0.2) is 4.39 Å². The van der Waals surface area contributed by atoms with Crippen LogP contribution in [0.1, 0.15) is 37.1 Å². The summed E-state index contributed by atoms with van der Waals surface area (Å²) in [4.78, 5) is 0. The van der Waals surface area contributed by atoms with Gasteiger partial charge in [-0.05, 0) is 37.1 Å². The summed E-state index contributed by atoms with van der Waals surface area (Å²) in [5, 5.41) is 3.51. The topological polar surface area (TPSA) is 12.0 Å². The fraction of sp³-hybridized carbons (Fsp3) is 0.250. The largest absolute Gasteiger partial charge is 0.304 e. The van der Waals surface area contributed by atoms with Crippen LogP contribution in [0, 0.1) is 5.82 Å². The quantitative estimate of drug-likeness (QED) is 0.879. The molecular formula is C16H22FNS2. The first kappa shape index (κ1) is 19.0. The Labute approximate surface area is 134 Å². The first-order valence-corrected chi connectivity index (χ1v) is 6.23. The van der Waals surface area contributed by atoms with Crippen molar-refractivity contribution in [2.24, 2.45) is 0 Å². The molecule has 2 rings (SSSR count). The van der Waals surface area contributed by atoms with Gasteiger partial charge >= 0.3 is 0 Å². The molecule has 1 nitrogen and oxygen atoms in total. The number of benzene rings is 2. The van der Waals surface area contributed by atoms with Crippen LogP contribution < -0.4 is 5.32 Å². The monoisotopic (exact) mass is 311 g/mol. The van der Waals surface area contributed by atoms with E-state index in [4.69, 9.17) is 0 Å². The normalized spacial score (nSPS) is 12.8. The number of hydrogen-bond acceptors (Lipinski definition) is 1. The van der Waals surface area contributed by atoms with Crippen LogP contribution >= 0.6 is 27.0 Å². The average Bonchev–Trinajstić information content (AvgIpc) is 2.40. The standard InChI is InChI=1S/C16H18FN.2H2S/c1-12(14-6-4-3-5-7-14)18-13(2)15-8-10-16(17)11-9-15;;/h3-13,18H,1-2H3;2*1H2/t12-,13-;;/m0../s1. The molecule has 0 spiro atoms. The SMILES string of the molecule is C[C@H](N[C@@H](C)c1ccc(F)cc1)c1ccccc1.S.S. The lowest BCUT2D eigenvalue weighted by atomic mass is 10.0. The third-order valence-electron chi connectivity index (χ3n) is 3.17. The summed E-state index contributed by atoms with van der Waals surface area (Å²) >= 11 is 0. The number of halogens is 1. The highest BCUT2D eigenvalue weighted by atomic mass is 32.1. The van der Waals surface area contributed by atoms with Crippen LogP contribution in [0.5, 0.6) is 0 Å². The predicted molar refractivity (Wildman–Crippen MR) is 93.6 cm³/mol. The summed E-state index contributed by atoms with van der Waals surface area (Å²) in [7, 11) is 0. The summed E-state index contributed by atoms with van der Waals surface area (Å²) in [5.41, 5.74) is 2.35. The van der Waals surface area contributed by atoms with E-state index in [1.807, 2.05) is 30.3 Å². The van der Waals surface area contributed by atoms with Crippen molar-refractivity contribution in [1.29, 1.82) is 0 Å². The van der Waals surface area contributed by atoms with E-state index < -0.39 is 0 Å². The van der Waals surface area contributed by atoms with E-state index >= 15 is 0 Å². The lowest BCUT2D eigenvalue weighted by Crippen LogP contribution is -2.22. The maximum atomic E-state index is 12.9. The smallest absolute Gasteiger partial charge is 0.123 e. The van der Waals surface area contributed by atoms with Crippen LogP contribution in [0.4, 0.5) is 4.39 Å². The maximum absolute atomic E-state index is 12.9. The number of rotatable bonds is 4. The summed E-state index contributed by atoms with van der Waals surface area (Å²) in [6.45, 7) is 4.22. The Morgan fingerprint density at radius 3 is 1.70 bits per heavy atom. The zero-order valence-electron chi connectivity index (χ0n) is 11.7. The molecule has 0 aromatic heterocycles. The van der Waals surface area contributed by atoms with Crippen LogP contribution in [-0.2, 0) is 0 Å². The van der Waals surface area contributed by atoms with Gasteiger partial charge in [0.2, 0.25) is 0 Å². The fourth-order valence-electron chi connectivity index (χ4n) is 2.06. The zero-order valence-corrected chi connectivity index (χ0v) is 13.7. The first-order chi connectivity index (χ1) is 8.66. The third kappa shape index (κ3) is 5.19. The van der Waals surface area contributed by atoms with Crippen LogP contribution in [-0.4, -0.2) is 0 Å². The van der Waals surface area contributed by atoms with E-state index in [9.17, 15) is 4.39 Å². The van der Waals surface area contributed by atoms with E-state index in [0.717, 1.165) is 5.56 Å². The number of nitrogens with one attached hydrogen (secondary N) is 1. The van der Waals surface area contributed by atoms with E-state index in [0.29, 0.717) is 0 Å². The Balaban J connectivity index is 0.00000180. The van der Waals surface area contributed by atoms with Gasteiger partial charge in [-0.15, -0.1) is 0 Å². The van der Waals surface area contributed by atoms with Crippen LogP contribution in [0.2, 0.25) is 0 Å². The van der Waals surface area contributed by atoms with Crippen molar-refractivity contribution in [1.82, 2.24) is 5.32 Å². The molecule has 0 radical (unpaired) electrons. The van der Waals surface area contributed by atoms with Crippen LogP contribution in [0.15, 0.2) is 54.6 Å². The van der Waals surface area contributed by atoms with Crippen LogP contribution in [0.3, 0.4) is 0 Å². The first-order valence-electron chi connectivity index (χ1n) is 6.23. The molecule has 20 heavy (non-hydrogen) atoms. The van der Waals surface area contributed by atoms with Crippen LogP contribution in [0.25, 0.3) is 0 Å². The Morgan fingerprint density at radius 1 is 0.750 bits per heavy atom. The van der Waals surface area contributed by atoms with Gasteiger partial charge in [-0.2, -0.15) is 27.0 Å². The lowest BCUT2D eigenvalue weighted by molar-refractivity contribution is 0.494. The molecule has 0 amide bonds. The molecule has 2 aromatic rings. The van der Waals surface area contributed by atoms with Gasteiger partial charge < -0.3 is 5.32 Å². The predicted octanol–water partition coefficient (Wildman–Crippen LogP) is 4.46. The van der Waals surface area contributed by atoms with E-state index in [1.165, 1.54) is 17.7 Å². The molecule has 0 aliphatic rings. The van der Waals surface area contributed by atoms with E-state index in [-0.39, 0.29) is 44.9 Å². The van der Waals surface area contributed by atoms with Crippen molar-refractivity contribution in [2.75, 3.05) is 0 Å². The second-order valence-electron chi connectivity index (χ2n) is 4.57. The molecule has 0 bridgehead atoms. The minimum absolute atomic E-state index is 0. The van der Waals surface area contributed by atoms with Crippen molar-refractivity contribution >= 4 is 27.0 Å². The summed E-state index contributed by atoms with van der Waals surface area (Å²) in [6.07, 6.45) is 0. The Kier molecular flexibility index (Phi) is 8.62. The van der Waals surface area contributed by atoms with Gasteiger partial charge in [0.25, 0.3) is 0 Å². The van der Waals surface area contributed by atoms with Gasteiger partial charge in [0.15, 0.2) is 0 Å². The van der Waals surface area contributed by atoms with Crippen molar-refractivity contribution in [3.63, 3.8) is 0 Å². The highest BCUT2D eigenvalue weighted by molar-refractivity contribution is 7.59. The molecular weight excluding hydrogens is 289 g/mol. The minimum atomic E-state index is -0.193. The molecule has 1 N–H and O–H groups in total. The maximum Gasteiger partial charge on any atom is 0.123 e. The second kappa shape index (κ2) is 9.06. The highest BCUT2D eigenvalue weighted by Crippen LogP contribution is 2.19. The highest BCUT2D eigenvalue weighted by Gasteiger charge is 2.10. The van der Waals surface area contributed by atoms with Gasteiger partial charge in [0.05, 0.1) is 0 Å². The minimum Gasteiger partial charge on any atom is -0.304 e. The summed E-state index contributed by atoms with van der Waals surface area (Å²) < 4.78 is 12.9. The van der Waals surface area contributed by atoms with Gasteiger partial charge in [-0.3, -0.25) is 0 Å². The second-order valence-corrected chi connectivity index (χ2v) is 4.57. The van der Waals surface area contributed by atoms with Crippen molar-refractivity contribution in [3.05, 3.63) is 71.5 Å². The Bertz CT molecular complexity index is 488. The number of hydrogen-bond donors (Lipinski definition) is 1. The molecule has 0 fully saturated rings.